The molecule has 13 heavy (non-hydrogen) atoms. The number of nitrogen functional groups attached to an aromatic ring is 1. The van der Waals surface area contributed by atoms with Crippen LogP contribution in [-0.2, 0) is 12.8 Å². The van der Waals surface area contributed by atoms with Crippen molar-refractivity contribution < 1.29 is 0 Å². The van der Waals surface area contributed by atoms with Crippen molar-refractivity contribution in [3.63, 3.8) is 0 Å². The molecule has 1 aliphatic rings. The Morgan fingerprint density at radius 1 is 1.54 bits per heavy atom. The van der Waals surface area contributed by atoms with E-state index in [1.165, 1.54) is 5.56 Å². The van der Waals surface area contributed by atoms with Crippen molar-refractivity contribution in [3.05, 3.63) is 17.5 Å². The minimum absolute atomic E-state index is 0.380. The summed E-state index contributed by atoms with van der Waals surface area (Å²) in [6.07, 6.45) is 4.95. The lowest BCUT2D eigenvalue weighted by Crippen LogP contribution is -2.23. The summed E-state index contributed by atoms with van der Waals surface area (Å²) in [5.41, 5.74) is 13.5. The summed E-state index contributed by atoms with van der Waals surface area (Å²) in [5, 5.41) is 0. The molecule has 0 amide bonds. The predicted octanol–water partition coefficient (Wildman–Crippen LogP) is 0.122. The van der Waals surface area contributed by atoms with Crippen molar-refractivity contribution in [2.24, 2.45) is 11.7 Å². The van der Waals surface area contributed by atoms with Gasteiger partial charge in [0.15, 0.2) is 0 Å². The first-order chi connectivity index (χ1) is 6.29. The molecule has 0 bridgehead atoms. The van der Waals surface area contributed by atoms with Crippen LogP contribution in [-0.4, -0.2) is 16.5 Å². The van der Waals surface area contributed by atoms with E-state index >= 15 is 0 Å². The third-order valence-corrected chi connectivity index (χ3v) is 2.60. The fraction of sp³-hybridized carbons (Fsp3) is 0.556. The van der Waals surface area contributed by atoms with Gasteiger partial charge in [0.2, 0.25) is 5.95 Å². The third-order valence-electron chi connectivity index (χ3n) is 2.60. The van der Waals surface area contributed by atoms with Gasteiger partial charge in [-0.05, 0) is 37.3 Å². The number of nitrogens with two attached hydrogens (primary N) is 2. The van der Waals surface area contributed by atoms with Crippen LogP contribution in [0.15, 0.2) is 6.20 Å². The van der Waals surface area contributed by atoms with E-state index in [1.807, 2.05) is 6.20 Å². The Bertz CT molecular complexity index is 310. The van der Waals surface area contributed by atoms with Crippen LogP contribution in [0.5, 0.6) is 0 Å². The highest BCUT2D eigenvalue weighted by Gasteiger charge is 2.18. The standard InChI is InChI=1S/C9H14N4/c10-4-6-1-2-8-7(3-6)5-12-9(11)13-8/h5-6H,1-4,10H2,(H2,11,12,13). The number of hydrogen-bond acceptors (Lipinski definition) is 4. The summed E-state index contributed by atoms with van der Waals surface area (Å²) < 4.78 is 0. The maximum Gasteiger partial charge on any atom is 0.220 e. The van der Waals surface area contributed by atoms with Crippen LogP contribution in [0.25, 0.3) is 0 Å². The maximum atomic E-state index is 5.62. The molecule has 0 aliphatic heterocycles. The average molecular weight is 178 g/mol. The van der Waals surface area contributed by atoms with Crippen molar-refractivity contribution in [1.82, 2.24) is 9.97 Å². The Kier molecular flexibility index (Phi) is 2.14. The van der Waals surface area contributed by atoms with E-state index in [0.29, 0.717) is 11.9 Å². The van der Waals surface area contributed by atoms with Gasteiger partial charge in [-0.2, -0.15) is 0 Å². The van der Waals surface area contributed by atoms with Crippen LogP contribution in [0.3, 0.4) is 0 Å². The molecule has 1 aromatic rings. The Hall–Kier alpha value is -1.16. The van der Waals surface area contributed by atoms with Gasteiger partial charge in [-0.1, -0.05) is 0 Å². The highest BCUT2D eigenvalue weighted by molar-refractivity contribution is 5.27. The molecule has 4 heteroatoms. The van der Waals surface area contributed by atoms with E-state index in [9.17, 15) is 0 Å². The van der Waals surface area contributed by atoms with E-state index in [2.05, 4.69) is 9.97 Å². The summed E-state index contributed by atoms with van der Waals surface area (Å²) in [6, 6.07) is 0. The third kappa shape index (κ3) is 1.62. The molecule has 1 heterocycles. The smallest absolute Gasteiger partial charge is 0.220 e. The average Bonchev–Trinajstić information content (AvgIpc) is 2.17. The molecule has 1 aromatic heterocycles. The van der Waals surface area contributed by atoms with Crippen molar-refractivity contribution in [3.8, 4) is 0 Å². The van der Waals surface area contributed by atoms with Crippen LogP contribution in [0.4, 0.5) is 5.95 Å². The molecule has 1 unspecified atom stereocenters. The van der Waals surface area contributed by atoms with Crippen LogP contribution in [0.2, 0.25) is 0 Å². The predicted molar refractivity (Wildman–Crippen MR) is 51.0 cm³/mol. The van der Waals surface area contributed by atoms with E-state index in [0.717, 1.165) is 31.5 Å². The lowest BCUT2D eigenvalue weighted by molar-refractivity contribution is 0.462. The maximum absolute atomic E-state index is 5.62. The molecule has 1 aliphatic carbocycles. The van der Waals surface area contributed by atoms with E-state index < -0.39 is 0 Å². The molecule has 4 N–H and O–H groups in total. The van der Waals surface area contributed by atoms with Gasteiger partial charge in [0.1, 0.15) is 0 Å². The monoisotopic (exact) mass is 178 g/mol. The van der Waals surface area contributed by atoms with Gasteiger partial charge in [0.05, 0.1) is 0 Å². The first-order valence-electron chi connectivity index (χ1n) is 4.60. The Balaban J connectivity index is 2.26. The minimum atomic E-state index is 0.380. The van der Waals surface area contributed by atoms with Gasteiger partial charge in [-0.15, -0.1) is 0 Å². The second-order valence-corrected chi connectivity index (χ2v) is 3.54. The number of rotatable bonds is 1. The van der Waals surface area contributed by atoms with E-state index in [1.54, 1.807) is 0 Å². The quantitative estimate of drug-likeness (QED) is 0.640. The molecule has 0 spiro atoms. The lowest BCUT2D eigenvalue weighted by atomic mass is 9.87. The van der Waals surface area contributed by atoms with Crippen molar-refractivity contribution in [2.75, 3.05) is 12.3 Å². The van der Waals surface area contributed by atoms with E-state index in [-0.39, 0.29) is 0 Å². The number of fused-ring (bicyclic) bond motifs is 1. The van der Waals surface area contributed by atoms with Crippen molar-refractivity contribution in [2.45, 2.75) is 19.3 Å². The molecule has 0 saturated heterocycles. The van der Waals surface area contributed by atoms with Crippen molar-refractivity contribution in [1.29, 1.82) is 0 Å². The zero-order valence-corrected chi connectivity index (χ0v) is 7.53. The molecule has 0 saturated carbocycles. The zero-order valence-electron chi connectivity index (χ0n) is 7.53. The van der Waals surface area contributed by atoms with Gasteiger partial charge in [0.25, 0.3) is 0 Å². The Morgan fingerprint density at radius 3 is 3.15 bits per heavy atom. The first kappa shape index (κ1) is 8.44. The summed E-state index contributed by atoms with van der Waals surface area (Å²) >= 11 is 0. The summed E-state index contributed by atoms with van der Waals surface area (Å²) in [5.74, 6) is 0.977. The minimum Gasteiger partial charge on any atom is -0.368 e. The highest BCUT2D eigenvalue weighted by atomic mass is 15.0. The van der Waals surface area contributed by atoms with Gasteiger partial charge >= 0.3 is 0 Å². The summed E-state index contributed by atoms with van der Waals surface area (Å²) in [7, 11) is 0. The fourth-order valence-electron chi connectivity index (χ4n) is 1.80. The number of aromatic nitrogens is 2. The van der Waals surface area contributed by atoms with Crippen LogP contribution in [0, 0.1) is 5.92 Å². The molecule has 4 nitrogen and oxygen atoms in total. The number of anilines is 1. The van der Waals surface area contributed by atoms with Crippen LogP contribution < -0.4 is 11.5 Å². The fourth-order valence-corrected chi connectivity index (χ4v) is 1.80. The van der Waals surface area contributed by atoms with Crippen LogP contribution in [0.1, 0.15) is 17.7 Å². The van der Waals surface area contributed by atoms with Crippen molar-refractivity contribution >= 4 is 5.95 Å². The Morgan fingerprint density at radius 2 is 2.38 bits per heavy atom. The molecular weight excluding hydrogens is 164 g/mol. The summed E-state index contributed by atoms with van der Waals surface area (Å²) in [4.78, 5) is 8.20. The van der Waals surface area contributed by atoms with E-state index in [4.69, 9.17) is 11.5 Å². The normalized spacial score (nSPS) is 21.2. The first-order valence-corrected chi connectivity index (χ1v) is 4.60. The van der Waals surface area contributed by atoms with Crippen LogP contribution >= 0.6 is 0 Å². The SMILES string of the molecule is NCC1CCc2nc(N)ncc2C1. The second kappa shape index (κ2) is 3.30. The number of hydrogen-bond donors (Lipinski definition) is 2. The van der Waals surface area contributed by atoms with Gasteiger partial charge in [0, 0.05) is 11.9 Å². The number of aryl methyl sites for hydroxylation is 1. The molecule has 0 fully saturated rings. The zero-order chi connectivity index (χ0) is 9.26. The summed E-state index contributed by atoms with van der Waals surface area (Å²) in [6.45, 7) is 0.754. The molecule has 0 radical (unpaired) electrons. The number of nitrogens with zero attached hydrogens (tertiary/aromatic N) is 2. The molecule has 0 aromatic carbocycles. The molecule has 70 valence electrons. The molecule has 1 atom stereocenters. The Labute approximate surface area is 77.4 Å². The van der Waals surface area contributed by atoms with Gasteiger partial charge in [-0.25, -0.2) is 9.97 Å². The lowest BCUT2D eigenvalue weighted by Gasteiger charge is -2.21. The van der Waals surface area contributed by atoms with Gasteiger partial charge in [-0.3, -0.25) is 0 Å². The highest BCUT2D eigenvalue weighted by Crippen LogP contribution is 2.22. The molecule has 2 rings (SSSR count). The largest absolute Gasteiger partial charge is 0.368 e. The van der Waals surface area contributed by atoms with Gasteiger partial charge < -0.3 is 11.5 Å². The molecular formula is C9H14N4. The second-order valence-electron chi connectivity index (χ2n) is 3.54. The topological polar surface area (TPSA) is 77.8 Å².